The van der Waals surface area contributed by atoms with E-state index in [0.717, 1.165) is 25.7 Å². The third-order valence-electron chi connectivity index (χ3n) is 5.21. The van der Waals surface area contributed by atoms with E-state index < -0.39 is 5.54 Å². The second-order valence-corrected chi connectivity index (χ2v) is 7.45. The molecule has 0 heterocycles. The topological polar surface area (TPSA) is 38.3 Å². The highest BCUT2D eigenvalue weighted by molar-refractivity contribution is 5.81. The first-order valence-electron chi connectivity index (χ1n) is 8.42. The Morgan fingerprint density at radius 3 is 2.25 bits per heavy atom. The lowest BCUT2D eigenvalue weighted by Crippen LogP contribution is -2.59. The van der Waals surface area contributed by atoms with E-state index in [-0.39, 0.29) is 5.97 Å². The van der Waals surface area contributed by atoms with Gasteiger partial charge in [0.05, 0.1) is 6.61 Å². The van der Waals surface area contributed by atoms with Gasteiger partial charge in [-0.2, -0.15) is 0 Å². The Morgan fingerprint density at radius 2 is 1.70 bits per heavy atom. The van der Waals surface area contributed by atoms with Crippen LogP contribution in [0.1, 0.15) is 78.6 Å². The fourth-order valence-corrected chi connectivity index (χ4v) is 3.67. The van der Waals surface area contributed by atoms with Crippen molar-refractivity contribution in [2.45, 2.75) is 90.1 Å². The van der Waals surface area contributed by atoms with Crippen molar-refractivity contribution in [3.63, 3.8) is 0 Å². The third kappa shape index (κ3) is 3.75. The lowest BCUT2D eigenvalue weighted by molar-refractivity contribution is -0.154. The Morgan fingerprint density at radius 1 is 1.10 bits per heavy atom. The monoisotopic (exact) mass is 281 g/mol. The number of rotatable bonds is 4. The summed E-state index contributed by atoms with van der Waals surface area (Å²) in [4.78, 5) is 12.5. The number of esters is 1. The summed E-state index contributed by atoms with van der Waals surface area (Å²) in [6.07, 6.45) is 10.4. The maximum Gasteiger partial charge on any atom is 0.326 e. The second kappa shape index (κ2) is 6.46. The van der Waals surface area contributed by atoms with Gasteiger partial charge in [0.15, 0.2) is 0 Å². The summed E-state index contributed by atoms with van der Waals surface area (Å²) < 4.78 is 5.39. The number of ether oxygens (including phenoxy) is 1. The average Bonchev–Trinajstić information content (AvgIpc) is 2.43. The molecule has 1 N–H and O–H groups in total. The van der Waals surface area contributed by atoms with Crippen molar-refractivity contribution in [2.75, 3.05) is 6.61 Å². The first kappa shape index (κ1) is 15.8. The van der Waals surface area contributed by atoms with Crippen LogP contribution in [0.5, 0.6) is 0 Å². The van der Waals surface area contributed by atoms with Gasteiger partial charge in [-0.3, -0.25) is 10.1 Å². The lowest BCUT2D eigenvalue weighted by Gasteiger charge is -2.44. The van der Waals surface area contributed by atoms with Crippen LogP contribution < -0.4 is 5.32 Å². The van der Waals surface area contributed by atoms with Crippen LogP contribution in [0.25, 0.3) is 0 Å². The van der Waals surface area contributed by atoms with Gasteiger partial charge < -0.3 is 4.74 Å². The molecule has 3 nitrogen and oxygen atoms in total. The lowest BCUT2D eigenvalue weighted by atomic mass is 9.69. The molecule has 0 spiro atoms. The standard InChI is InChI=1S/C17H31NO2/c1-4-20-15(19)17(12-10-16(2,3)11-13-17)18-14-8-6-5-7-9-14/h14,18H,4-13H2,1-3H3. The number of nitrogens with one attached hydrogen (secondary N) is 1. The first-order valence-corrected chi connectivity index (χ1v) is 8.42. The van der Waals surface area contributed by atoms with Crippen molar-refractivity contribution in [3.05, 3.63) is 0 Å². The number of hydrogen-bond donors (Lipinski definition) is 1. The van der Waals surface area contributed by atoms with E-state index in [1.807, 2.05) is 6.92 Å². The molecule has 0 atom stereocenters. The van der Waals surface area contributed by atoms with E-state index in [2.05, 4.69) is 19.2 Å². The third-order valence-corrected chi connectivity index (χ3v) is 5.21. The molecule has 0 unspecified atom stereocenters. The van der Waals surface area contributed by atoms with E-state index in [9.17, 15) is 4.79 Å². The molecular weight excluding hydrogens is 250 g/mol. The van der Waals surface area contributed by atoms with Gasteiger partial charge in [0, 0.05) is 6.04 Å². The Bertz CT molecular complexity index is 322. The molecule has 0 radical (unpaired) electrons. The van der Waals surface area contributed by atoms with Gasteiger partial charge in [0.2, 0.25) is 0 Å². The highest BCUT2D eigenvalue weighted by Crippen LogP contribution is 2.41. The highest BCUT2D eigenvalue weighted by Gasteiger charge is 2.46. The van der Waals surface area contributed by atoms with E-state index in [0.29, 0.717) is 18.1 Å². The summed E-state index contributed by atoms with van der Waals surface area (Å²) in [5.41, 5.74) is -0.0439. The maximum absolute atomic E-state index is 12.5. The van der Waals surface area contributed by atoms with Crippen LogP contribution >= 0.6 is 0 Å². The molecule has 20 heavy (non-hydrogen) atoms. The first-order chi connectivity index (χ1) is 9.47. The number of carbonyl (C=O) groups excluding carboxylic acids is 1. The zero-order valence-electron chi connectivity index (χ0n) is 13.5. The van der Waals surface area contributed by atoms with Crippen molar-refractivity contribution in [1.29, 1.82) is 0 Å². The van der Waals surface area contributed by atoms with Gasteiger partial charge in [0.25, 0.3) is 0 Å². The summed E-state index contributed by atoms with van der Waals surface area (Å²) in [5.74, 6) is -0.0129. The SMILES string of the molecule is CCOC(=O)C1(NC2CCCCC2)CCC(C)(C)CC1. The summed E-state index contributed by atoms with van der Waals surface area (Å²) in [7, 11) is 0. The van der Waals surface area contributed by atoms with Gasteiger partial charge in [0.1, 0.15) is 5.54 Å². The van der Waals surface area contributed by atoms with Gasteiger partial charge in [-0.15, -0.1) is 0 Å². The van der Waals surface area contributed by atoms with Crippen molar-refractivity contribution in [1.82, 2.24) is 5.32 Å². The van der Waals surface area contributed by atoms with Crippen molar-refractivity contribution < 1.29 is 9.53 Å². The minimum absolute atomic E-state index is 0.0129. The smallest absolute Gasteiger partial charge is 0.326 e. The highest BCUT2D eigenvalue weighted by atomic mass is 16.5. The van der Waals surface area contributed by atoms with Crippen LogP contribution in [-0.2, 0) is 9.53 Å². The molecule has 2 aliphatic carbocycles. The second-order valence-electron chi connectivity index (χ2n) is 7.45. The zero-order valence-corrected chi connectivity index (χ0v) is 13.5. The van der Waals surface area contributed by atoms with Crippen molar-refractivity contribution in [3.8, 4) is 0 Å². The minimum Gasteiger partial charge on any atom is -0.465 e. The molecule has 2 fully saturated rings. The summed E-state index contributed by atoms with van der Waals surface area (Å²) in [5, 5.41) is 3.72. The molecule has 0 aliphatic heterocycles. The number of hydrogen-bond acceptors (Lipinski definition) is 3. The maximum atomic E-state index is 12.5. The molecule has 0 aromatic carbocycles. The van der Waals surface area contributed by atoms with E-state index >= 15 is 0 Å². The van der Waals surface area contributed by atoms with Gasteiger partial charge in [-0.05, 0) is 50.9 Å². The Hall–Kier alpha value is -0.570. The molecule has 0 aromatic heterocycles. The Kier molecular flexibility index (Phi) is 5.11. The van der Waals surface area contributed by atoms with Gasteiger partial charge in [-0.1, -0.05) is 33.1 Å². The van der Waals surface area contributed by atoms with Crippen LogP contribution in [0.4, 0.5) is 0 Å². The zero-order chi connectivity index (χ0) is 14.6. The molecular formula is C17H31NO2. The fourth-order valence-electron chi connectivity index (χ4n) is 3.67. The Balaban J connectivity index is 2.05. The average molecular weight is 281 g/mol. The predicted molar refractivity (Wildman–Crippen MR) is 81.6 cm³/mol. The largest absolute Gasteiger partial charge is 0.465 e. The number of carbonyl (C=O) groups is 1. The molecule has 0 saturated heterocycles. The van der Waals surface area contributed by atoms with E-state index in [1.54, 1.807) is 0 Å². The summed E-state index contributed by atoms with van der Waals surface area (Å²) in [6.45, 7) is 7.00. The van der Waals surface area contributed by atoms with Crippen LogP contribution in [0.3, 0.4) is 0 Å². The quantitative estimate of drug-likeness (QED) is 0.796. The fraction of sp³-hybridized carbons (Fsp3) is 0.941. The molecule has 0 aromatic rings. The minimum atomic E-state index is -0.409. The molecule has 2 aliphatic rings. The van der Waals surface area contributed by atoms with E-state index in [4.69, 9.17) is 4.74 Å². The van der Waals surface area contributed by atoms with Gasteiger partial charge in [-0.25, -0.2) is 0 Å². The van der Waals surface area contributed by atoms with Crippen molar-refractivity contribution in [2.24, 2.45) is 5.41 Å². The van der Waals surface area contributed by atoms with Crippen LogP contribution in [0, 0.1) is 5.41 Å². The molecule has 0 bridgehead atoms. The van der Waals surface area contributed by atoms with Crippen LogP contribution in [-0.4, -0.2) is 24.2 Å². The molecule has 3 heteroatoms. The van der Waals surface area contributed by atoms with Crippen molar-refractivity contribution >= 4 is 5.97 Å². The predicted octanol–water partition coefficient (Wildman–Crippen LogP) is 3.81. The summed E-state index contributed by atoms with van der Waals surface area (Å²) >= 11 is 0. The Labute approximate surface area is 123 Å². The normalized spacial score (nSPS) is 26.1. The summed E-state index contributed by atoms with van der Waals surface area (Å²) in [6, 6.07) is 0.509. The van der Waals surface area contributed by atoms with Crippen LogP contribution in [0.15, 0.2) is 0 Å². The van der Waals surface area contributed by atoms with E-state index in [1.165, 1.54) is 32.1 Å². The van der Waals surface area contributed by atoms with Gasteiger partial charge >= 0.3 is 5.97 Å². The molecule has 0 amide bonds. The molecule has 116 valence electrons. The molecule has 2 saturated carbocycles. The molecule has 2 rings (SSSR count). The van der Waals surface area contributed by atoms with Crippen LogP contribution in [0.2, 0.25) is 0 Å².